The molecule has 25 heavy (non-hydrogen) atoms. The number of hydrogen-bond donors (Lipinski definition) is 2. The van der Waals surface area contributed by atoms with Crippen LogP contribution in [0.15, 0.2) is 27.1 Å². The number of carbonyl (C=O) groups excluding carboxylic acids is 2. The van der Waals surface area contributed by atoms with Crippen molar-refractivity contribution in [3.8, 4) is 0 Å². The van der Waals surface area contributed by atoms with Gasteiger partial charge >= 0.3 is 5.97 Å². The van der Waals surface area contributed by atoms with Gasteiger partial charge in [0, 0.05) is 13.7 Å². The van der Waals surface area contributed by atoms with E-state index in [9.17, 15) is 19.5 Å². The van der Waals surface area contributed by atoms with Gasteiger partial charge in [-0.3, -0.25) is 9.59 Å². The topological polar surface area (TPSA) is 86.7 Å². The summed E-state index contributed by atoms with van der Waals surface area (Å²) in [4.78, 5) is 38.4. The van der Waals surface area contributed by atoms with Crippen LogP contribution >= 0.6 is 43.6 Å². The molecule has 1 aromatic carbocycles. The van der Waals surface area contributed by atoms with Gasteiger partial charge in [0.15, 0.2) is 0 Å². The molecule has 1 aromatic rings. The predicted molar refractivity (Wildman–Crippen MR) is 101 cm³/mol. The third kappa shape index (κ3) is 2.71. The second-order valence-corrected chi connectivity index (χ2v) is 10.2. The molecule has 2 aliphatic heterocycles. The van der Waals surface area contributed by atoms with Crippen LogP contribution in [0.25, 0.3) is 0 Å². The van der Waals surface area contributed by atoms with E-state index in [4.69, 9.17) is 0 Å². The van der Waals surface area contributed by atoms with Crippen LogP contribution in [0, 0.1) is 0 Å². The number of thioether (sulfide) groups is 1. The van der Waals surface area contributed by atoms with Gasteiger partial charge in [0.2, 0.25) is 0 Å². The van der Waals surface area contributed by atoms with E-state index in [0.717, 1.165) is 0 Å². The lowest BCUT2D eigenvalue weighted by atomic mass is 9.86. The van der Waals surface area contributed by atoms with Crippen LogP contribution in [-0.2, 0) is 9.59 Å². The van der Waals surface area contributed by atoms with Crippen LogP contribution in [0.2, 0.25) is 0 Å². The maximum atomic E-state index is 12.7. The zero-order chi connectivity index (χ0) is 18.7. The van der Waals surface area contributed by atoms with E-state index in [0.29, 0.717) is 14.5 Å². The quantitative estimate of drug-likeness (QED) is 0.635. The van der Waals surface area contributed by atoms with Gasteiger partial charge in [-0.15, -0.1) is 11.8 Å². The lowest BCUT2D eigenvalue weighted by molar-refractivity contribution is -0.165. The highest BCUT2D eigenvalue weighted by Gasteiger charge is 2.70. The number of fused-ring (bicyclic) bond motifs is 1. The van der Waals surface area contributed by atoms with Crippen LogP contribution in [-0.4, -0.2) is 49.5 Å². The number of nitrogens with zero attached hydrogens (tertiary/aromatic N) is 1. The average Bonchev–Trinajstić information content (AvgIpc) is 2.76. The first-order chi connectivity index (χ1) is 11.5. The Bertz CT molecular complexity index is 780. The zero-order valence-corrected chi connectivity index (χ0v) is 17.7. The van der Waals surface area contributed by atoms with E-state index >= 15 is 0 Å². The molecule has 0 saturated carbocycles. The first-order valence-corrected chi connectivity index (χ1v) is 9.97. The third-order valence-corrected chi connectivity index (χ3v) is 7.65. The van der Waals surface area contributed by atoms with E-state index in [1.807, 2.05) is 0 Å². The fourth-order valence-electron chi connectivity index (χ4n) is 3.35. The fourth-order valence-corrected chi connectivity index (χ4v) is 6.36. The van der Waals surface area contributed by atoms with Gasteiger partial charge < -0.3 is 15.3 Å². The molecule has 2 saturated heterocycles. The summed E-state index contributed by atoms with van der Waals surface area (Å²) in [6, 6.07) is 4.36. The number of carbonyl (C=O) groups is 3. The number of β-lactam (4-membered cyclic amide) rings is 1. The second kappa shape index (κ2) is 5.99. The van der Waals surface area contributed by atoms with Gasteiger partial charge in [0.1, 0.15) is 17.0 Å². The van der Waals surface area contributed by atoms with Crippen molar-refractivity contribution in [1.29, 1.82) is 0 Å². The van der Waals surface area contributed by atoms with Crippen LogP contribution in [0.4, 0.5) is 0 Å². The van der Waals surface area contributed by atoms with Crippen molar-refractivity contribution in [3.05, 3.63) is 32.7 Å². The Kier molecular flexibility index (Phi) is 4.49. The molecule has 1 unspecified atom stereocenters. The highest BCUT2D eigenvalue weighted by Crippen LogP contribution is 2.54. The van der Waals surface area contributed by atoms with Crippen LogP contribution in [0.5, 0.6) is 0 Å². The first-order valence-electron chi connectivity index (χ1n) is 7.50. The van der Waals surface area contributed by atoms with Crippen molar-refractivity contribution in [2.24, 2.45) is 0 Å². The van der Waals surface area contributed by atoms with Gasteiger partial charge in [-0.1, -0.05) is 6.07 Å². The molecule has 0 aromatic heterocycles. The van der Waals surface area contributed by atoms with E-state index in [2.05, 4.69) is 37.2 Å². The summed E-state index contributed by atoms with van der Waals surface area (Å²) in [6.07, 6.45) is 0. The molecule has 2 N–H and O–H groups in total. The van der Waals surface area contributed by atoms with Crippen molar-refractivity contribution in [2.45, 2.75) is 42.5 Å². The summed E-state index contributed by atoms with van der Waals surface area (Å²) in [7, 11) is 0. The molecular formula is C16H16Br2N2O4S. The maximum Gasteiger partial charge on any atom is 0.327 e. The summed E-state index contributed by atoms with van der Waals surface area (Å²) in [5.74, 6) is -1.80. The Labute approximate surface area is 166 Å². The SMILES string of the molecule is CC1(C)S[C@H]2N(C(=O)C2(C)NC(=O)c2c(Br)cccc2Br)[C@H]1C(=O)O. The predicted octanol–water partition coefficient (Wildman–Crippen LogP) is 2.85. The van der Waals surface area contributed by atoms with Crippen molar-refractivity contribution in [3.63, 3.8) is 0 Å². The van der Waals surface area contributed by atoms with Crippen molar-refractivity contribution >= 4 is 61.4 Å². The van der Waals surface area contributed by atoms with Gasteiger partial charge in [-0.25, -0.2) is 4.79 Å². The van der Waals surface area contributed by atoms with Crippen LogP contribution < -0.4 is 5.32 Å². The molecule has 2 fully saturated rings. The lowest BCUT2D eigenvalue weighted by Crippen LogP contribution is -2.78. The summed E-state index contributed by atoms with van der Waals surface area (Å²) in [5, 5.41) is 11.9. The monoisotopic (exact) mass is 490 g/mol. The fraction of sp³-hybridized carbons (Fsp3) is 0.438. The average molecular weight is 492 g/mol. The van der Waals surface area contributed by atoms with Crippen LogP contribution in [0.1, 0.15) is 31.1 Å². The summed E-state index contributed by atoms with van der Waals surface area (Å²) in [5.41, 5.74) is -0.746. The minimum atomic E-state index is -1.14. The number of carboxylic acids is 1. The molecule has 9 heteroatoms. The molecule has 3 atom stereocenters. The summed E-state index contributed by atoms with van der Waals surface area (Å²) in [6.45, 7) is 5.25. The molecular weight excluding hydrogens is 476 g/mol. The minimum absolute atomic E-state index is 0.375. The zero-order valence-electron chi connectivity index (χ0n) is 13.7. The summed E-state index contributed by atoms with van der Waals surface area (Å²) >= 11 is 8.09. The summed E-state index contributed by atoms with van der Waals surface area (Å²) < 4.78 is 0.576. The highest BCUT2D eigenvalue weighted by molar-refractivity contribution is 9.11. The highest BCUT2D eigenvalue weighted by atomic mass is 79.9. The Hall–Kier alpha value is -1.06. The van der Waals surface area contributed by atoms with Gasteiger partial charge in [-0.2, -0.15) is 0 Å². The Morgan fingerprint density at radius 2 is 1.80 bits per heavy atom. The van der Waals surface area contributed by atoms with Crippen LogP contribution in [0.3, 0.4) is 0 Å². The smallest absolute Gasteiger partial charge is 0.327 e. The second-order valence-electron chi connectivity index (χ2n) is 6.78. The normalized spacial score (nSPS) is 29.8. The van der Waals surface area contributed by atoms with Crippen molar-refractivity contribution in [1.82, 2.24) is 10.2 Å². The number of nitrogens with one attached hydrogen (secondary N) is 1. The standard InChI is InChI=1S/C16H16Br2N2O4S/c1-15(2)10(12(22)23)20-13(24)16(3,14(20)25-15)19-11(21)9-7(17)5-4-6-8(9)18/h4-6,10,14H,1-3H3,(H,19,21)(H,22,23)/t10-,14+,16?/m0/s1. The number of hydrogen-bond acceptors (Lipinski definition) is 4. The molecule has 2 aliphatic rings. The largest absolute Gasteiger partial charge is 0.480 e. The molecule has 3 rings (SSSR count). The third-order valence-electron chi connectivity index (χ3n) is 4.57. The van der Waals surface area contributed by atoms with Gasteiger partial charge in [0.05, 0.1) is 5.56 Å². The van der Waals surface area contributed by atoms with E-state index in [-0.39, 0.29) is 5.91 Å². The Morgan fingerprint density at radius 1 is 1.24 bits per heavy atom. The van der Waals surface area contributed by atoms with E-state index < -0.39 is 33.6 Å². The molecule has 0 spiro atoms. The van der Waals surface area contributed by atoms with Gasteiger partial charge in [0.25, 0.3) is 11.8 Å². The van der Waals surface area contributed by atoms with Crippen molar-refractivity contribution in [2.75, 3.05) is 0 Å². The molecule has 6 nitrogen and oxygen atoms in total. The van der Waals surface area contributed by atoms with E-state index in [1.54, 1.807) is 39.0 Å². The number of rotatable bonds is 3. The molecule has 134 valence electrons. The molecule has 2 amide bonds. The Balaban J connectivity index is 1.89. The molecule has 2 heterocycles. The van der Waals surface area contributed by atoms with Gasteiger partial charge in [-0.05, 0) is 64.8 Å². The minimum Gasteiger partial charge on any atom is -0.480 e. The van der Waals surface area contributed by atoms with Crippen molar-refractivity contribution < 1.29 is 19.5 Å². The Morgan fingerprint density at radius 3 is 2.32 bits per heavy atom. The number of halogens is 2. The molecule has 0 aliphatic carbocycles. The first kappa shape index (κ1) is 18.7. The number of amides is 2. The van der Waals surface area contributed by atoms with E-state index in [1.165, 1.54) is 16.7 Å². The number of benzene rings is 1. The number of aliphatic carboxylic acids is 1. The number of carboxylic acid groups (broad SMARTS) is 1. The molecule has 0 radical (unpaired) electrons. The maximum absolute atomic E-state index is 12.7. The lowest BCUT2D eigenvalue weighted by Gasteiger charge is -2.51. The molecule has 0 bridgehead atoms.